The van der Waals surface area contributed by atoms with E-state index >= 15 is 0 Å². The molecule has 0 saturated heterocycles. The van der Waals surface area contributed by atoms with Crippen LogP contribution in [-0.2, 0) is 4.79 Å². The topological polar surface area (TPSA) is 65.5 Å². The molecule has 6 heteroatoms. The minimum Gasteiger partial charge on any atom is -0.357 e. The highest BCUT2D eigenvalue weighted by Gasteiger charge is 2.20. The van der Waals surface area contributed by atoms with Crippen LogP contribution < -0.4 is 16.0 Å². The molecule has 0 atom stereocenters. The third kappa shape index (κ3) is 7.72. The molecule has 0 radical (unpaired) electrons. The zero-order valence-corrected chi connectivity index (χ0v) is 16.7. The van der Waals surface area contributed by atoms with Crippen molar-refractivity contribution < 1.29 is 4.79 Å². The summed E-state index contributed by atoms with van der Waals surface area (Å²) in [5.41, 5.74) is 0. The molecule has 0 aromatic rings. The van der Waals surface area contributed by atoms with Crippen LogP contribution in [0, 0.1) is 5.92 Å². The standard InChI is InChI=1S/C17H32N4O.HI/c1-2-18-17(21-15-10-6-7-11-15)20-13-12-19-16(22)14-8-4-3-5-9-14;/h14-15H,2-13H2,1H3,(H,19,22)(H2,18,20,21);1H. The molecule has 2 aliphatic carbocycles. The number of hydrogen-bond acceptors (Lipinski definition) is 2. The van der Waals surface area contributed by atoms with E-state index in [1.807, 2.05) is 0 Å². The van der Waals surface area contributed by atoms with Gasteiger partial charge in [0.2, 0.25) is 5.91 Å². The molecule has 0 aromatic heterocycles. The number of guanidine groups is 1. The summed E-state index contributed by atoms with van der Waals surface area (Å²) in [7, 11) is 0. The van der Waals surface area contributed by atoms with Crippen molar-refractivity contribution in [1.82, 2.24) is 16.0 Å². The van der Waals surface area contributed by atoms with Crippen LogP contribution in [0.3, 0.4) is 0 Å². The molecule has 0 bridgehead atoms. The van der Waals surface area contributed by atoms with Gasteiger partial charge >= 0.3 is 0 Å². The van der Waals surface area contributed by atoms with Gasteiger partial charge in [0.05, 0.1) is 6.54 Å². The summed E-state index contributed by atoms with van der Waals surface area (Å²) in [6.07, 6.45) is 10.9. The number of amides is 1. The fourth-order valence-corrected chi connectivity index (χ4v) is 3.44. The highest BCUT2D eigenvalue weighted by Crippen LogP contribution is 2.23. The van der Waals surface area contributed by atoms with Gasteiger partial charge < -0.3 is 16.0 Å². The maximum atomic E-state index is 12.1. The molecule has 1 amide bonds. The quantitative estimate of drug-likeness (QED) is 0.260. The van der Waals surface area contributed by atoms with Crippen LogP contribution in [0.15, 0.2) is 4.99 Å². The molecular weight excluding hydrogens is 403 g/mol. The third-order valence-corrected chi connectivity index (χ3v) is 4.70. The van der Waals surface area contributed by atoms with E-state index in [1.54, 1.807) is 0 Å². The van der Waals surface area contributed by atoms with Crippen LogP contribution in [0.1, 0.15) is 64.7 Å². The summed E-state index contributed by atoms with van der Waals surface area (Å²) in [4.78, 5) is 16.6. The van der Waals surface area contributed by atoms with Gasteiger partial charge in [-0.25, -0.2) is 0 Å². The fraction of sp³-hybridized carbons (Fsp3) is 0.882. The first kappa shape index (κ1) is 20.5. The lowest BCUT2D eigenvalue weighted by atomic mass is 9.89. The summed E-state index contributed by atoms with van der Waals surface area (Å²) in [6.45, 7) is 4.22. The number of rotatable bonds is 6. The molecule has 0 unspecified atom stereocenters. The molecule has 2 saturated carbocycles. The van der Waals surface area contributed by atoms with Crippen molar-refractivity contribution in [3.05, 3.63) is 0 Å². The predicted molar refractivity (Wildman–Crippen MR) is 106 cm³/mol. The second kappa shape index (κ2) is 11.9. The van der Waals surface area contributed by atoms with E-state index < -0.39 is 0 Å². The highest BCUT2D eigenvalue weighted by atomic mass is 127. The first-order valence-electron chi connectivity index (χ1n) is 9.12. The number of nitrogens with one attached hydrogen (secondary N) is 3. The lowest BCUT2D eigenvalue weighted by Crippen LogP contribution is -2.43. The first-order chi connectivity index (χ1) is 10.8. The van der Waals surface area contributed by atoms with Gasteiger partial charge in [-0.3, -0.25) is 9.79 Å². The zero-order valence-electron chi connectivity index (χ0n) is 14.4. The summed E-state index contributed by atoms with van der Waals surface area (Å²) >= 11 is 0. The van der Waals surface area contributed by atoms with Gasteiger partial charge in [-0.15, -0.1) is 24.0 Å². The van der Waals surface area contributed by atoms with Gasteiger partial charge in [-0.1, -0.05) is 32.1 Å². The van der Waals surface area contributed by atoms with Gasteiger partial charge in [-0.2, -0.15) is 0 Å². The SMILES string of the molecule is CCNC(=NCCNC(=O)C1CCCCC1)NC1CCCC1.I. The van der Waals surface area contributed by atoms with Crippen molar-refractivity contribution in [3.63, 3.8) is 0 Å². The van der Waals surface area contributed by atoms with Crippen LogP contribution in [0.4, 0.5) is 0 Å². The van der Waals surface area contributed by atoms with Crippen molar-refractivity contribution in [2.24, 2.45) is 10.9 Å². The lowest BCUT2D eigenvalue weighted by Gasteiger charge is -2.20. The normalized spacial score (nSPS) is 20.0. The Morgan fingerprint density at radius 1 is 1.00 bits per heavy atom. The number of hydrogen-bond donors (Lipinski definition) is 3. The first-order valence-corrected chi connectivity index (χ1v) is 9.12. The Hall–Kier alpha value is -0.530. The van der Waals surface area contributed by atoms with Gasteiger partial charge in [0.15, 0.2) is 5.96 Å². The Kier molecular flexibility index (Phi) is 10.6. The molecule has 2 aliphatic rings. The summed E-state index contributed by atoms with van der Waals surface area (Å²) in [5, 5.41) is 9.82. The maximum Gasteiger partial charge on any atom is 0.223 e. The smallest absolute Gasteiger partial charge is 0.223 e. The molecule has 2 fully saturated rings. The Balaban J connectivity index is 0.00000264. The average molecular weight is 436 g/mol. The molecule has 0 aromatic carbocycles. The summed E-state index contributed by atoms with van der Waals surface area (Å²) in [6, 6.07) is 0.564. The second-order valence-corrected chi connectivity index (χ2v) is 6.51. The van der Waals surface area contributed by atoms with Crippen LogP contribution in [0.5, 0.6) is 0 Å². The van der Waals surface area contributed by atoms with E-state index in [4.69, 9.17) is 0 Å². The number of carbonyl (C=O) groups is 1. The Morgan fingerprint density at radius 3 is 2.30 bits per heavy atom. The van der Waals surface area contributed by atoms with E-state index in [-0.39, 0.29) is 35.8 Å². The predicted octanol–water partition coefficient (Wildman–Crippen LogP) is 2.80. The van der Waals surface area contributed by atoms with Crippen molar-refractivity contribution in [3.8, 4) is 0 Å². The van der Waals surface area contributed by atoms with Crippen LogP contribution in [0.2, 0.25) is 0 Å². The number of aliphatic imine (C=N–C) groups is 1. The fourth-order valence-electron chi connectivity index (χ4n) is 3.44. The molecule has 134 valence electrons. The summed E-state index contributed by atoms with van der Waals surface area (Å²) < 4.78 is 0. The van der Waals surface area contributed by atoms with Crippen molar-refractivity contribution in [2.45, 2.75) is 70.8 Å². The van der Waals surface area contributed by atoms with Gasteiger partial charge in [0, 0.05) is 25.0 Å². The number of nitrogens with zero attached hydrogens (tertiary/aromatic N) is 1. The van der Waals surface area contributed by atoms with E-state index in [2.05, 4.69) is 27.9 Å². The average Bonchev–Trinajstić information content (AvgIpc) is 3.05. The van der Waals surface area contributed by atoms with Crippen LogP contribution >= 0.6 is 24.0 Å². The van der Waals surface area contributed by atoms with Gasteiger partial charge in [0.1, 0.15) is 0 Å². The van der Waals surface area contributed by atoms with Crippen molar-refractivity contribution in [1.29, 1.82) is 0 Å². The molecule has 3 N–H and O–H groups in total. The van der Waals surface area contributed by atoms with Crippen LogP contribution in [-0.4, -0.2) is 37.5 Å². The second-order valence-electron chi connectivity index (χ2n) is 6.51. The molecule has 2 rings (SSSR count). The minimum absolute atomic E-state index is 0. The van der Waals surface area contributed by atoms with E-state index in [1.165, 1.54) is 44.9 Å². The van der Waals surface area contributed by atoms with Crippen molar-refractivity contribution in [2.75, 3.05) is 19.6 Å². The molecule has 0 aliphatic heterocycles. The lowest BCUT2D eigenvalue weighted by molar-refractivity contribution is -0.125. The monoisotopic (exact) mass is 436 g/mol. The Morgan fingerprint density at radius 2 is 1.65 bits per heavy atom. The van der Waals surface area contributed by atoms with E-state index in [9.17, 15) is 4.79 Å². The molecular formula is C17H33IN4O. The largest absolute Gasteiger partial charge is 0.357 e. The van der Waals surface area contributed by atoms with Gasteiger partial charge in [0.25, 0.3) is 0 Å². The van der Waals surface area contributed by atoms with Crippen molar-refractivity contribution >= 4 is 35.8 Å². The Bertz CT molecular complexity index is 364. The van der Waals surface area contributed by atoms with E-state index in [0.717, 1.165) is 25.3 Å². The maximum absolute atomic E-state index is 12.1. The Labute approximate surface area is 157 Å². The molecule has 0 spiro atoms. The molecule has 23 heavy (non-hydrogen) atoms. The third-order valence-electron chi connectivity index (χ3n) is 4.70. The molecule has 5 nitrogen and oxygen atoms in total. The highest BCUT2D eigenvalue weighted by molar-refractivity contribution is 14.0. The minimum atomic E-state index is 0. The van der Waals surface area contributed by atoms with Gasteiger partial charge in [-0.05, 0) is 32.6 Å². The number of halogens is 1. The number of carbonyl (C=O) groups excluding carboxylic acids is 1. The van der Waals surface area contributed by atoms with E-state index in [0.29, 0.717) is 19.1 Å². The van der Waals surface area contributed by atoms with Crippen LogP contribution in [0.25, 0.3) is 0 Å². The zero-order chi connectivity index (χ0) is 15.6. The summed E-state index contributed by atoms with van der Waals surface area (Å²) in [5.74, 6) is 1.35. The molecule has 0 heterocycles.